The molecular weight excluding hydrogens is 456 g/mol. The molecule has 1 aliphatic carbocycles. The molecule has 182 valence electrons. The van der Waals surface area contributed by atoms with Gasteiger partial charge < -0.3 is 25.2 Å². The molecule has 2 amide bonds. The highest BCUT2D eigenvalue weighted by molar-refractivity contribution is 7.98. The SMILES string of the molecule is COC(CNC(=O)OCC1c2ccccc2-c2ccccc21)CC(=O)NC(CCSC)C(=O)O. The number of alkyl carbamates (subject to hydrolysis) is 1. The number of aliphatic carboxylic acids is 1. The summed E-state index contributed by atoms with van der Waals surface area (Å²) in [5, 5.41) is 14.4. The van der Waals surface area contributed by atoms with Crippen LogP contribution in [0, 0.1) is 0 Å². The molecule has 0 aromatic heterocycles. The Labute approximate surface area is 203 Å². The molecule has 0 fully saturated rings. The van der Waals surface area contributed by atoms with Crippen LogP contribution in [0.2, 0.25) is 0 Å². The number of amides is 2. The number of nitrogens with one attached hydrogen (secondary N) is 2. The summed E-state index contributed by atoms with van der Waals surface area (Å²) in [4.78, 5) is 35.9. The Morgan fingerprint density at radius 2 is 1.68 bits per heavy atom. The van der Waals surface area contributed by atoms with Crippen molar-refractivity contribution in [3.8, 4) is 11.1 Å². The summed E-state index contributed by atoms with van der Waals surface area (Å²) in [7, 11) is 1.43. The number of benzene rings is 2. The number of thioether (sulfide) groups is 1. The molecule has 9 heteroatoms. The molecule has 1 aliphatic rings. The smallest absolute Gasteiger partial charge is 0.407 e. The third-order valence-corrected chi connectivity index (χ3v) is 6.45. The van der Waals surface area contributed by atoms with Gasteiger partial charge in [-0.3, -0.25) is 4.79 Å². The van der Waals surface area contributed by atoms with Crippen molar-refractivity contribution in [3.05, 3.63) is 59.7 Å². The molecule has 0 spiro atoms. The van der Waals surface area contributed by atoms with Crippen molar-refractivity contribution in [1.29, 1.82) is 0 Å². The van der Waals surface area contributed by atoms with E-state index in [0.717, 1.165) is 22.3 Å². The summed E-state index contributed by atoms with van der Waals surface area (Å²) in [6, 6.07) is 15.2. The number of carbonyl (C=O) groups excluding carboxylic acids is 2. The van der Waals surface area contributed by atoms with Crippen LogP contribution >= 0.6 is 11.8 Å². The predicted octanol–water partition coefficient (Wildman–Crippen LogP) is 3.25. The maximum Gasteiger partial charge on any atom is 0.407 e. The Balaban J connectivity index is 1.49. The minimum atomic E-state index is -1.08. The summed E-state index contributed by atoms with van der Waals surface area (Å²) in [5.74, 6) is -0.951. The van der Waals surface area contributed by atoms with Crippen LogP contribution in [-0.4, -0.2) is 67.5 Å². The van der Waals surface area contributed by atoms with E-state index in [1.165, 1.54) is 18.9 Å². The predicted molar refractivity (Wildman–Crippen MR) is 131 cm³/mol. The van der Waals surface area contributed by atoms with Crippen molar-refractivity contribution >= 4 is 29.7 Å². The lowest BCUT2D eigenvalue weighted by atomic mass is 9.98. The molecule has 2 aromatic carbocycles. The van der Waals surface area contributed by atoms with Crippen molar-refractivity contribution < 1.29 is 29.0 Å². The molecule has 8 nitrogen and oxygen atoms in total. The van der Waals surface area contributed by atoms with Crippen LogP contribution in [-0.2, 0) is 19.1 Å². The van der Waals surface area contributed by atoms with E-state index < -0.39 is 30.1 Å². The third kappa shape index (κ3) is 6.51. The number of carbonyl (C=O) groups is 3. The van der Waals surface area contributed by atoms with Crippen molar-refractivity contribution in [2.45, 2.75) is 30.9 Å². The number of ether oxygens (including phenoxy) is 2. The van der Waals surface area contributed by atoms with Gasteiger partial charge in [0.2, 0.25) is 5.91 Å². The Morgan fingerprint density at radius 1 is 1.06 bits per heavy atom. The van der Waals surface area contributed by atoms with Crippen LogP contribution in [0.25, 0.3) is 11.1 Å². The zero-order valence-electron chi connectivity index (χ0n) is 19.3. The van der Waals surface area contributed by atoms with Gasteiger partial charge in [0, 0.05) is 19.6 Å². The van der Waals surface area contributed by atoms with Crippen molar-refractivity contribution in [3.63, 3.8) is 0 Å². The van der Waals surface area contributed by atoms with E-state index >= 15 is 0 Å². The molecule has 0 saturated carbocycles. The number of rotatable bonds is 12. The van der Waals surface area contributed by atoms with Crippen molar-refractivity contribution in [1.82, 2.24) is 10.6 Å². The maximum atomic E-state index is 12.3. The van der Waals surface area contributed by atoms with Crippen LogP contribution in [0.15, 0.2) is 48.5 Å². The highest BCUT2D eigenvalue weighted by atomic mass is 32.2. The van der Waals surface area contributed by atoms with Crippen LogP contribution in [0.5, 0.6) is 0 Å². The summed E-state index contributed by atoms with van der Waals surface area (Å²) >= 11 is 1.51. The van der Waals surface area contributed by atoms with Gasteiger partial charge in [-0.05, 0) is 40.7 Å². The Hall–Kier alpha value is -3.04. The van der Waals surface area contributed by atoms with Gasteiger partial charge in [-0.15, -0.1) is 0 Å². The first-order chi connectivity index (χ1) is 16.4. The highest BCUT2D eigenvalue weighted by Gasteiger charge is 2.29. The lowest BCUT2D eigenvalue weighted by molar-refractivity contribution is -0.142. The molecule has 0 heterocycles. The Morgan fingerprint density at radius 3 is 2.24 bits per heavy atom. The molecule has 0 saturated heterocycles. The topological polar surface area (TPSA) is 114 Å². The van der Waals surface area contributed by atoms with Crippen molar-refractivity contribution in [2.24, 2.45) is 0 Å². The zero-order chi connectivity index (χ0) is 24.5. The fraction of sp³-hybridized carbons (Fsp3) is 0.400. The second kappa shape index (κ2) is 12.4. The van der Waals surface area contributed by atoms with Gasteiger partial charge in [-0.2, -0.15) is 11.8 Å². The number of methoxy groups -OCH3 is 1. The summed E-state index contributed by atoms with van der Waals surface area (Å²) in [5.41, 5.74) is 4.54. The molecule has 0 radical (unpaired) electrons. The van der Waals surface area contributed by atoms with Gasteiger partial charge in [0.05, 0.1) is 12.5 Å². The second-order valence-corrected chi connectivity index (χ2v) is 8.99. The van der Waals surface area contributed by atoms with E-state index in [0.29, 0.717) is 12.2 Å². The van der Waals surface area contributed by atoms with E-state index in [1.54, 1.807) is 0 Å². The Bertz CT molecular complexity index is 969. The normalized spacial score (nSPS) is 13.9. The molecule has 3 rings (SSSR count). The average molecular weight is 487 g/mol. The quantitative estimate of drug-likeness (QED) is 0.422. The summed E-state index contributed by atoms with van der Waals surface area (Å²) in [6.45, 7) is 0.247. The molecule has 2 unspecified atom stereocenters. The standard InChI is InChI=1S/C25H30N2O6S/c1-32-16(13-23(28)27-22(24(29)30)11-12-34-2)14-26-25(31)33-15-21-19-9-5-3-7-17(19)18-8-4-6-10-20(18)21/h3-10,16,21-22H,11-15H2,1-2H3,(H,26,31)(H,27,28)(H,29,30). The molecule has 3 N–H and O–H groups in total. The van der Waals surface area contributed by atoms with Gasteiger partial charge in [0.15, 0.2) is 0 Å². The second-order valence-electron chi connectivity index (χ2n) is 8.01. The van der Waals surface area contributed by atoms with Crippen LogP contribution < -0.4 is 10.6 Å². The first-order valence-corrected chi connectivity index (χ1v) is 12.5. The van der Waals surface area contributed by atoms with Gasteiger partial charge in [0.25, 0.3) is 0 Å². The van der Waals surface area contributed by atoms with E-state index in [4.69, 9.17) is 9.47 Å². The molecule has 0 bridgehead atoms. The van der Waals surface area contributed by atoms with E-state index in [2.05, 4.69) is 22.8 Å². The summed E-state index contributed by atoms with van der Waals surface area (Å²) in [6.07, 6.45) is 0.904. The first kappa shape index (κ1) is 25.6. The highest BCUT2D eigenvalue weighted by Crippen LogP contribution is 2.44. The van der Waals surface area contributed by atoms with Crippen LogP contribution in [0.3, 0.4) is 0 Å². The molecule has 0 aliphatic heterocycles. The van der Waals surface area contributed by atoms with Gasteiger partial charge >= 0.3 is 12.1 Å². The molecule has 34 heavy (non-hydrogen) atoms. The number of hydrogen-bond donors (Lipinski definition) is 3. The lowest BCUT2D eigenvalue weighted by Gasteiger charge is -2.19. The van der Waals surface area contributed by atoms with Crippen LogP contribution in [0.4, 0.5) is 4.79 Å². The molecular formula is C25H30N2O6S. The van der Waals surface area contributed by atoms with Gasteiger partial charge in [0.1, 0.15) is 12.6 Å². The van der Waals surface area contributed by atoms with Gasteiger partial charge in [-0.1, -0.05) is 48.5 Å². The lowest BCUT2D eigenvalue weighted by Crippen LogP contribution is -2.44. The van der Waals surface area contributed by atoms with Crippen molar-refractivity contribution in [2.75, 3.05) is 32.3 Å². The monoisotopic (exact) mass is 486 g/mol. The van der Waals surface area contributed by atoms with Gasteiger partial charge in [-0.25, -0.2) is 9.59 Å². The summed E-state index contributed by atoms with van der Waals surface area (Å²) < 4.78 is 10.8. The fourth-order valence-electron chi connectivity index (χ4n) is 4.04. The number of carboxylic acids is 1. The fourth-order valence-corrected chi connectivity index (χ4v) is 4.51. The molecule has 2 aromatic rings. The Kier molecular flexibility index (Phi) is 9.35. The third-order valence-electron chi connectivity index (χ3n) is 5.81. The maximum absolute atomic E-state index is 12.3. The van der Waals surface area contributed by atoms with Crippen LogP contribution in [0.1, 0.15) is 29.9 Å². The van der Waals surface area contributed by atoms with E-state index in [9.17, 15) is 19.5 Å². The number of carboxylic acid groups (broad SMARTS) is 1. The average Bonchev–Trinajstić information content (AvgIpc) is 3.16. The zero-order valence-corrected chi connectivity index (χ0v) is 20.1. The minimum absolute atomic E-state index is 0.0450. The number of hydrogen-bond acceptors (Lipinski definition) is 6. The number of fused-ring (bicyclic) bond motifs is 3. The van der Waals surface area contributed by atoms with E-state index in [1.807, 2.05) is 42.7 Å². The minimum Gasteiger partial charge on any atom is -0.480 e. The molecule has 2 atom stereocenters. The van der Waals surface area contributed by atoms with E-state index in [-0.39, 0.29) is 25.5 Å². The first-order valence-electron chi connectivity index (χ1n) is 11.1. The largest absolute Gasteiger partial charge is 0.480 e.